The van der Waals surface area contributed by atoms with Crippen molar-refractivity contribution in [2.75, 3.05) is 20.2 Å². The first-order valence-corrected chi connectivity index (χ1v) is 10.5. The molecule has 6 nitrogen and oxygen atoms in total. The van der Waals surface area contributed by atoms with Crippen LogP contribution in [0.3, 0.4) is 0 Å². The van der Waals surface area contributed by atoms with Crippen molar-refractivity contribution in [1.29, 1.82) is 0 Å². The molecule has 1 aromatic rings. The molecule has 160 valence electrons. The van der Waals surface area contributed by atoms with E-state index in [4.69, 9.17) is 4.74 Å². The van der Waals surface area contributed by atoms with Gasteiger partial charge in [-0.05, 0) is 18.9 Å². The largest absolute Gasteiger partial charge is 0.496 e. The summed E-state index contributed by atoms with van der Waals surface area (Å²) in [7, 11) is 1.53. The minimum Gasteiger partial charge on any atom is -0.496 e. The Morgan fingerprint density at radius 2 is 1.83 bits per heavy atom. The first-order valence-electron chi connectivity index (χ1n) is 10.5. The lowest BCUT2D eigenvalue weighted by atomic mass is 9.75. The molecule has 1 aliphatic carbocycles. The Balaban J connectivity index is 2.05. The van der Waals surface area contributed by atoms with E-state index in [0.29, 0.717) is 24.4 Å². The maximum absolute atomic E-state index is 13.8. The summed E-state index contributed by atoms with van der Waals surface area (Å²) in [6.07, 6.45) is 6.84. The second-order valence-corrected chi connectivity index (χ2v) is 8.02. The average Bonchev–Trinajstić information content (AvgIpc) is 3.34. The van der Waals surface area contributed by atoms with Gasteiger partial charge in [-0.2, -0.15) is 0 Å². The van der Waals surface area contributed by atoms with Crippen LogP contribution in [-0.4, -0.2) is 53.8 Å². The second kappa shape index (κ2) is 9.28. The molecule has 2 aliphatic rings. The van der Waals surface area contributed by atoms with Gasteiger partial charge in [-0.1, -0.05) is 43.2 Å². The lowest BCUT2D eigenvalue weighted by Crippen LogP contribution is -2.46. The zero-order chi connectivity index (χ0) is 21.7. The minimum atomic E-state index is -1.26. The Kier molecular flexibility index (Phi) is 6.75. The third-order valence-electron chi connectivity index (χ3n) is 6.17. The molecular weight excluding hydrogens is 380 g/mol. The van der Waals surface area contributed by atoms with Crippen molar-refractivity contribution in [3.05, 3.63) is 55.1 Å². The Morgan fingerprint density at radius 1 is 1.20 bits per heavy atom. The highest BCUT2D eigenvalue weighted by Gasteiger charge is 2.56. The first kappa shape index (κ1) is 21.8. The van der Waals surface area contributed by atoms with Crippen LogP contribution in [0.25, 0.3) is 0 Å². The van der Waals surface area contributed by atoms with Crippen molar-refractivity contribution in [3.8, 4) is 5.75 Å². The van der Waals surface area contributed by atoms with Crippen molar-refractivity contribution in [2.45, 2.75) is 50.0 Å². The Hall–Kier alpha value is -2.89. The molecule has 0 N–H and O–H groups in total. The number of carbonyl (C=O) groups excluding carboxylic acids is 3. The zero-order valence-electron chi connectivity index (χ0n) is 17.6. The molecule has 30 heavy (non-hydrogen) atoms. The molecule has 3 rings (SSSR count). The highest BCUT2D eigenvalue weighted by Crippen LogP contribution is 2.46. The number of para-hydroxylation sites is 1. The van der Waals surface area contributed by atoms with Gasteiger partial charge < -0.3 is 9.64 Å². The molecule has 0 bridgehead atoms. The number of ether oxygens (including phenoxy) is 1. The molecule has 3 amide bonds. The smallest absolute Gasteiger partial charge is 0.241 e. The van der Waals surface area contributed by atoms with Crippen molar-refractivity contribution in [3.63, 3.8) is 0 Å². The molecule has 1 saturated heterocycles. The van der Waals surface area contributed by atoms with E-state index in [1.165, 1.54) is 12.0 Å². The van der Waals surface area contributed by atoms with Gasteiger partial charge in [-0.3, -0.25) is 19.3 Å². The van der Waals surface area contributed by atoms with Gasteiger partial charge in [0, 0.05) is 37.5 Å². The summed E-state index contributed by atoms with van der Waals surface area (Å²) in [6.45, 7) is 8.12. The Morgan fingerprint density at radius 3 is 2.43 bits per heavy atom. The summed E-state index contributed by atoms with van der Waals surface area (Å²) >= 11 is 0. The number of methoxy groups -OCH3 is 1. The molecule has 1 aromatic carbocycles. The Labute approximate surface area is 178 Å². The third kappa shape index (κ3) is 3.91. The molecule has 0 aromatic heterocycles. The molecule has 6 heteroatoms. The van der Waals surface area contributed by atoms with Gasteiger partial charge in [-0.15, -0.1) is 13.2 Å². The number of nitrogens with zero attached hydrogens (tertiary/aromatic N) is 2. The van der Waals surface area contributed by atoms with Crippen molar-refractivity contribution in [2.24, 2.45) is 0 Å². The Bertz CT molecular complexity index is 833. The SMILES string of the molecule is C=CCN(CC=C)C(=O)C[C@]1(c2ccccc2OC)CC(=O)N(C2CCCC2)C1=O. The fourth-order valence-corrected chi connectivity index (χ4v) is 4.74. The number of benzene rings is 1. The van der Waals surface area contributed by atoms with Gasteiger partial charge in [0.15, 0.2) is 0 Å². The van der Waals surface area contributed by atoms with Gasteiger partial charge >= 0.3 is 0 Å². The second-order valence-electron chi connectivity index (χ2n) is 8.02. The van der Waals surface area contributed by atoms with Gasteiger partial charge in [0.2, 0.25) is 17.7 Å². The molecule has 1 saturated carbocycles. The fourth-order valence-electron chi connectivity index (χ4n) is 4.74. The van der Waals surface area contributed by atoms with Crippen LogP contribution in [0.15, 0.2) is 49.6 Å². The molecule has 1 atom stereocenters. The van der Waals surface area contributed by atoms with E-state index in [2.05, 4.69) is 13.2 Å². The fraction of sp³-hybridized carbons (Fsp3) is 0.458. The van der Waals surface area contributed by atoms with Crippen LogP contribution in [0.4, 0.5) is 0 Å². The highest BCUT2D eigenvalue weighted by atomic mass is 16.5. The number of carbonyl (C=O) groups is 3. The summed E-state index contributed by atoms with van der Waals surface area (Å²) < 4.78 is 5.52. The molecular formula is C24H30N2O4. The molecule has 2 fully saturated rings. The van der Waals surface area contributed by atoms with E-state index in [1.807, 2.05) is 12.1 Å². The standard InChI is InChI=1S/C24H30N2O4/c1-4-14-25(15-5-2)21(27)16-24(19-12-8-9-13-20(19)30-3)17-22(28)26(23(24)29)18-10-6-7-11-18/h4-5,8-9,12-13,18H,1-2,6-7,10-11,14-17H2,3H3/t24-/m1/s1. The number of rotatable bonds is 9. The summed E-state index contributed by atoms with van der Waals surface area (Å²) in [6, 6.07) is 7.11. The lowest BCUT2D eigenvalue weighted by Gasteiger charge is -2.32. The monoisotopic (exact) mass is 410 g/mol. The normalized spacial score (nSPS) is 21.7. The van der Waals surface area contributed by atoms with Crippen molar-refractivity contribution in [1.82, 2.24) is 9.80 Å². The van der Waals surface area contributed by atoms with Crippen LogP contribution in [-0.2, 0) is 19.8 Å². The first-order chi connectivity index (χ1) is 14.5. The van der Waals surface area contributed by atoms with Crippen LogP contribution in [0.5, 0.6) is 5.75 Å². The molecule has 0 radical (unpaired) electrons. The van der Waals surface area contributed by atoms with Crippen molar-refractivity contribution < 1.29 is 19.1 Å². The van der Waals surface area contributed by atoms with Gasteiger partial charge in [0.05, 0.1) is 12.5 Å². The van der Waals surface area contributed by atoms with E-state index in [1.54, 1.807) is 29.2 Å². The number of hydrogen-bond donors (Lipinski definition) is 0. The maximum Gasteiger partial charge on any atom is 0.241 e. The lowest BCUT2D eigenvalue weighted by molar-refractivity contribution is -0.144. The van der Waals surface area contributed by atoms with Crippen LogP contribution in [0, 0.1) is 0 Å². The summed E-state index contributed by atoms with van der Waals surface area (Å²) in [5, 5.41) is 0. The maximum atomic E-state index is 13.8. The van der Waals surface area contributed by atoms with Crippen molar-refractivity contribution >= 4 is 17.7 Å². The summed E-state index contributed by atoms with van der Waals surface area (Å²) in [5.41, 5.74) is -0.666. The van der Waals surface area contributed by atoms with E-state index in [-0.39, 0.29) is 36.6 Å². The molecule has 1 heterocycles. The highest BCUT2D eigenvalue weighted by molar-refractivity contribution is 6.11. The van der Waals surface area contributed by atoms with Gasteiger partial charge in [0.25, 0.3) is 0 Å². The summed E-state index contributed by atoms with van der Waals surface area (Å²) in [5.74, 6) is -0.187. The zero-order valence-corrected chi connectivity index (χ0v) is 17.6. The van der Waals surface area contributed by atoms with Crippen LogP contribution in [0.1, 0.15) is 44.1 Å². The van der Waals surface area contributed by atoms with Crippen LogP contribution >= 0.6 is 0 Å². The van der Waals surface area contributed by atoms with E-state index in [0.717, 1.165) is 25.7 Å². The molecule has 1 aliphatic heterocycles. The predicted octanol–water partition coefficient (Wildman–Crippen LogP) is 3.23. The average molecular weight is 411 g/mol. The van der Waals surface area contributed by atoms with E-state index in [9.17, 15) is 14.4 Å². The summed E-state index contributed by atoms with van der Waals surface area (Å²) in [4.78, 5) is 43.1. The van der Waals surface area contributed by atoms with E-state index < -0.39 is 5.41 Å². The predicted molar refractivity (Wildman–Crippen MR) is 115 cm³/mol. The van der Waals surface area contributed by atoms with Crippen LogP contribution < -0.4 is 4.74 Å². The molecule has 0 unspecified atom stereocenters. The van der Waals surface area contributed by atoms with E-state index >= 15 is 0 Å². The van der Waals surface area contributed by atoms with Gasteiger partial charge in [0.1, 0.15) is 5.75 Å². The topological polar surface area (TPSA) is 66.9 Å². The third-order valence-corrected chi connectivity index (χ3v) is 6.17. The number of likely N-dealkylation sites (tertiary alicyclic amines) is 1. The number of imide groups is 1. The minimum absolute atomic E-state index is 0.0233. The molecule has 0 spiro atoms. The van der Waals surface area contributed by atoms with Crippen LogP contribution in [0.2, 0.25) is 0 Å². The quantitative estimate of drug-likeness (QED) is 0.463. The number of hydrogen-bond acceptors (Lipinski definition) is 4. The number of amides is 3. The van der Waals surface area contributed by atoms with Gasteiger partial charge in [-0.25, -0.2) is 0 Å².